The zero-order chi connectivity index (χ0) is 16.4. The summed E-state index contributed by atoms with van der Waals surface area (Å²) >= 11 is 0. The van der Waals surface area contributed by atoms with Crippen molar-refractivity contribution in [2.24, 2.45) is 0 Å². The van der Waals surface area contributed by atoms with Crippen LogP contribution in [0.3, 0.4) is 0 Å². The van der Waals surface area contributed by atoms with E-state index in [1.54, 1.807) is 0 Å². The molecule has 0 fully saturated rings. The Hall–Kier alpha value is -1.96. The Balaban J connectivity index is 2.80. The average Bonchev–Trinajstić information content (AvgIpc) is 2.54. The molecule has 0 radical (unpaired) electrons. The molecule has 0 bridgehead atoms. The number of benzene rings is 1. The fourth-order valence-corrected chi connectivity index (χ4v) is 2.00. The Morgan fingerprint density at radius 1 is 0.773 bits per heavy atom. The fourth-order valence-electron chi connectivity index (χ4n) is 2.00. The number of aliphatic hydroxyl groups is 3. The van der Waals surface area contributed by atoms with E-state index in [1.807, 2.05) is 30.3 Å². The third-order valence-corrected chi connectivity index (χ3v) is 3.08. The van der Waals surface area contributed by atoms with E-state index < -0.39 is 11.8 Å². The molecule has 0 spiro atoms. The van der Waals surface area contributed by atoms with E-state index in [0.29, 0.717) is 0 Å². The summed E-state index contributed by atoms with van der Waals surface area (Å²) in [6.45, 7) is -0.655. The van der Waals surface area contributed by atoms with Crippen LogP contribution in [0.2, 0.25) is 0 Å². The Labute approximate surface area is 129 Å². The molecule has 3 N–H and O–H groups in total. The van der Waals surface area contributed by atoms with Crippen LogP contribution in [0.1, 0.15) is 5.56 Å². The SMILES string of the molecule is O=C(C(=O)N(CCO)Cc1ccccc1)N(CCO)CCO. The zero-order valence-corrected chi connectivity index (χ0v) is 12.4. The van der Waals surface area contributed by atoms with Crippen molar-refractivity contribution >= 4 is 11.8 Å². The molecule has 7 nitrogen and oxygen atoms in total. The summed E-state index contributed by atoms with van der Waals surface area (Å²) in [5.74, 6) is -1.56. The molecule has 0 heterocycles. The molecule has 0 unspecified atom stereocenters. The van der Waals surface area contributed by atoms with Crippen LogP contribution >= 0.6 is 0 Å². The first-order chi connectivity index (χ1) is 10.6. The van der Waals surface area contributed by atoms with Gasteiger partial charge in [-0.15, -0.1) is 0 Å². The normalized spacial score (nSPS) is 10.3. The number of carbonyl (C=O) groups excluding carboxylic acids is 2. The fraction of sp³-hybridized carbons (Fsp3) is 0.467. The smallest absolute Gasteiger partial charge is 0.312 e. The first kappa shape index (κ1) is 18.1. The van der Waals surface area contributed by atoms with Crippen molar-refractivity contribution in [1.82, 2.24) is 9.80 Å². The molecule has 0 atom stereocenters. The van der Waals surface area contributed by atoms with Crippen LogP contribution in [-0.2, 0) is 16.1 Å². The molecular weight excluding hydrogens is 288 g/mol. The van der Waals surface area contributed by atoms with E-state index >= 15 is 0 Å². The van der Waals surface area contributed by atoms with Crippen molar-refractivity contribution < 1.29 is 24.9 Å². The number of nitrogens with zero attached hydrogens (tertiary/aromatic N) is 2. The lowest BCUT2D eigenvalue weighted by Crippen LogP contribution is -2.47. The number of hydrogen-bond donors (Lipinski definition) is 3. The van der Waals surface area contributed by atoms with Crippen molar-refractivity contribution in [1.29, 1.82) is 0 Å². The molecule has 22 heavy (non-hydrogen) atoms. The number of carbonyl (C=O) groups is 2. The van der Waals surface area contributed by atoms with Gasteiger partial charge < -0.3 is 25.1 Å². The van der Waals surface area contributed by atoms with E-state index in [0.717, 1.165) is 10.5 Å². The summed E-state index contributed by atoms with van der Waals surface area (Å²) < 4.78 is 0. The van der Waals surface area contributed by atoms with Crippen molar-refractivity contribution in [3.8, 4) is 0 Å². The highest BCUT2D eigenvalue weighted by atomic mass is 16.3. The van der Waals surface area contributed by atoms with Gasteiger partial charge in [-0.1, -0.05) is 30.3 Å². The van der Waals surface area contributed by atoms with Crippen molar-refractivity contribution in [3.05, 3.63) is 35.9 Å². The molecule has 0 aliphatic rings. The molecule has 0 aliphatic heterocycles. The quantitative estimate of drug-likeness (QED) is 0.525. The monoisotopic (exact) mass is 310 g/mol. The van der Waals surface area contributed by atoms with Gasteiger partial charge in [-0.25, -0.2) is 0 Å². The van der Waals surface area contributed by atoms with Gasteiger partial charge in [-0.2, -0.15) is 0 Å². The molecular formula is C15H22N2O5. The number of hydrogen-bond acceptors (Lipinski definition) is 5. The van der Waals surface area contributed by atoms with Crippen LogP contribution in [0.4, 0.5) is 0 Å². The van der Waals surface area contributed by atoms with Crippen molar-refractivity contribution in [3.63, 3.8) is 0 Å². The van der Waals surface area contributed by atoms with E-state index in [-0.39, 0.29) is 46.0 Å². The van der Waals surface area contributed by atoms with E-state index in [1.165, 1.54) is 4.90 Å². The Morgan fingerprint density at radius 3 is 1.73 bits per heavy atom. The minimum atomic E-state index is -0.799. The number of aliphatic hydroxyl groups excluding tert-OH is 3. The first-order valence-electron chi connectivity index (χ1n) is 7.08. The molecule has 122 valence electrons. The van der Waals surface area contributed by atoms with Crippen molar-refractivity contribution in [2.75, 3.05) is 39.5 Å². The van der Waals surface area contributed by atoms with Gasteiger partial charge in [0, 0.05) is 26.2 Å². The maximum absolute atomic E-state index is 12.3. The molecule has 7 heteroatoms. The van der Waals surface area contributed by atoms with E-state index in [4.69, 9.17) is 15.3 Å². The minimum Gasteiger partial charge on any atom is -0.395 e. The molecule has 0 saturated carbocycles. The standard InChI is InChI=1S/C15H22N2O5/c18-9-6-16(7-10-19)14(21)15(22)17(8-11-20)12-13-4-2-1-3-5-13/h1-5,18-20H,6-12H2. The van der Waals surface area contributed by atoms with Crippen LogP contribution in [-0.4, -0.2) is 76.4 Å². The summed E-state index contributed by atoms with van der Waals surface area (Å²) in [5.41, 5.74) is 0.841. The molecule has 2 amide bonds. The first-order valence-corrected chi connectivity index (χ1v) is 7.08. The maximum Gasteiger partial charge on any atom is 0.312 e. The van der Waals surface area contributed by atoms with Crippen LogP contribution in [0.15, 0.2) is 30.3 Å². The van der Waals surface area contributed by atoms with Crippen LogP contribution in [0.25, 0.3) is 0 Å². The highest BCUT2D eigenvalue weighted by Gasteiger charge is 2.26. The largest absolute Gasteiger partial charge is 0.395 e. The summed E-state index contributed by atoms with van der Waals surface area (Å²) in [7, 11) is 0. The second-order valence-corrected chi connectivity index (χ2v) is 4.68. The lowest BCUT2D eigenvalue weighted by molar-refractivity contribution is -0.153. The van der Waals surface area contributed by atoms with Gasteiger partial charge >= 0.3 is 11.8 Å². The third-order valence-electron chi connectivity index (χ3n) is 3.08. The second kappa shape index (κ2) is 9.88. The predicted molar refractivity (Wildman–Crippen MR) is 79.7 cm³/mol. The maximum atomic E-state index is 12.3. The zero-order valence-electron chi connectivity index (χ0n) is 12.4. The molecule has 1 aromatic rings. The van der Waals surface area contributed by atoms with Gasteiger partial charge in [-0.3, -0.25) is 9.59 Å². The van der Waals surface area contributed by atoms with Crippen LogP contribution in [0.5, 0.6) is 0 Å². The Bertz CT molecular complexity index is 460. The predicted octanol–water partition coefficient (Wildman–Crippen LogP) is -1.18. The number of amides is 2. The van der Waals surface area contributed by atoms with Crippen LogP contribution in [0, 0.1) is 0 Å². The van der Waals surface area contributed by atoms with Gasteiger partial charge in [-0.05, 0) is 5.56 Å². The van der Waals surface area contributed by atoms with Crippen molar-refractivity contribution in [2.45, 2.75) is 6.54 Å². The topological polar surface area (TPSA) is 101 Å². The Morgan fingerprint density at radius 2 is 1.23 bits per heavy atom. The molecule has 0 aliphatic carbocycles. The van der Waals surface area contributed by atoms with Gasteiger partial charge in [0.25, 0.3) is 0 Å². The van der Waals surface area contributed by atoms with Crippen LogP contribution < -0.4 is 0 Å². The third kappa shape index (κ3) is 5.44. The highest BCUT2D eigenvalue weighted by Crippen LogP contribution is 2.06. The Kier molecular flexibility index (Phi) is 8.13. The molecule has 1 aromatic carbocycles. The minimum absolute atomic E-state index is 0.0244. The summed E-state index contributed by atoms with van der Waals surface area (Å²) in [5, 5.41) is 27.0. The van der Waals surface area contributed by atoms with E-state index in [2.05, 4.69) is 0 Å². The summed E-state index contributed by atoms with van der Waals surface area (Å²) in [6, 6.07) is 9.13. The second-order valence-electron chi connectivity index (χ2n) is 4.68. The molecule has 0 aromatic heterocycles. The number of rotatable bonds is 8. The summed E-state index contributed by atoms with van der Waals surface area (Å²) in [4.78, 5) is 26.8. The lowest BCUT2D eigenvalue weighted by atomic mass is 10.2. The van der Waals surface area contributed by atoms with Gasteiger partial charge in [0.1, 0.15) is 0 Å². The summed E-state index contributed by atoms with van der Waals surface area (Å²) in [6.07, 6.45) is 0. The van der Waals surface area contributed by atoms with Gasteiger partial charge in [0.05, 0.1) is 19.8 Å². The highest BCUT2D eigenvalue weighted by molar-refractivity contribution is 6.34. The molecule has 1 rings (SSSR count). The lowest BCUT2D eigenvalue weighted by Gasteiger charge is -2.26. The van der Waals surface area contributed by atoms with Gasteiger partial charge in [0.2, 0.25) is 0 Å². The van der Waals surface area contributed by atoms with E-state index in [9.17, 15) is 9.59 Å². The average molecular weight is 310 g/mol. The molecule has 0 saturated heterocycles. The van der Waals surface area contributed by atoms with Gasteiger partial charge in [0.15, 0.2) is 0 Å².